The standard InChI is InChI=1S/C35H23F8N2O4P/c1-16-9-18-3-5-23(16)17-4-8-28(48-2)25(12-17)29-24(14-22(15-44-29)34(39,40)41)26-6-7-27-30(49-32(47)45(26)27)19-10-20(33(36,37)38)13-21(11-19)35(42,43)50-31(18)46/h3-15,26-27,30,46H,1-2H3/t26-,27-,30+/m0/s1. The van der Waals surface area contributed by atoms with E-state index in [4.69, 9.17) is 9.47 Å². The van der Waals surface area contributed by atoms with E-state index in [2.05, 4.69) is 4.98 Å². The normalized spacial score (nSPS) is 21.9. The second-order valence-electron chi connectivity index (χ2n) is 12.0. The predicted octanol–water partition coefficient (Wildman–Crippen LogP) is 9.80. The fraction of sp³-hybridized carbons (Fsp3) is 0.229. The molecule has 4 aromatic rings. The zero-order chi connectivity index (χ0) is 35.9. The molecule has 15 heteroatoms. The quantitative estimate of drug-likeness (QED) is 0.121. The lowest BCUT2D eigenvalue weighted by atomic mass is 9.93. The fourth-order valence-electron chi connectivity index (χ4n) is 6.52. The number of benzene rings is 3. The second-order valence-corrected chi connectivity index (χ2v) is 13.2. The van der Waals surface area contributed by atoms with Gasteiger partial charge in [0.05, 0.1) is 36.0 Å². The van der Waals surface area contributed by atoms with Crippen LogP contribution in [-0.4, -0.2) is 39.7 Å². The summed E-state index contributed by atoms with van der Waals surface area (Å²) in [6.07, 6.45) is -9.17. The van der Waals surface area contributed by atoms with Crippen molar-refractivity contribution >= 4 is 19.8 Å². The number of hydrogen-bond acceptors (Lipinski definition) is 4. The summed E-state index contributed by atoms with van der Waals surface area (Å²) in [6, 6.07) is 9.22. The average Bonchev–Trinajstić information content (AvgIpc) is 3.63. The van der Waals surface area contributed by atoms with Gasteiger partial charge in [0.15, 0.2) is 6.10 Å². The van der Waals surface area contributed by atoms with Gasteiger partial charge in [0, 0.05) is 36.7 Å². The topological polar surface area (TPSA) is 71.9 Å². The Morgan fingerprint density at radius 1 is 0.900 bits per heavy atom. The maximum atomic E-state index is 15.8. The number of ether oxygens (including phenoxy) is 2. The van der Waals surface area contributed by atoms with Gasteiger partial charge in [0.2, 0.25) is 0 Å². The summed E-state index contributed by atoms with van der Waals surface area (Å²) in [5, 5.41) is 10.8. The Bertz CT molecular complexity index is 2130. The molecule has 0 aliphatic carbocycles. The number of methoxy groups -OCH3 is 1. The third-order valence-electron chi connectivity index (χ3n) is 8.88. The number of hydrogen-bond donors (Lipinski definition) is 1. The molecule has 10 bridgehead atoms. The minimum Gasteiger partial charge on any atom is -0.496 e. The first kappa shape index (κ1) is 33.7. The highest BCUT2D eigenvalue weighted by atomic mass is 31.1. The van der Waals surface area contributed by atoms with Crippen molar-refractivity contribution in [1.82, 2.24) is 9.88 Å². The summed E-state index contributed by atoms with van der Waals surface area (Å²) in [5.41, 5.74) is -7.18. The molecule has 4 aliphatic heterocycles. The SMILES string of the molecule is COc1ccc2cc1-c1ncc(C(F)(F)F)cc1[C@@H]1C=C[C@H]3[C@H](OC(=O)N13)c1cc(C(F)(F)F)cc(c1)C(F)(F)/P=C(/O)c1ccc-2c(C)c1. The van der Waals surface area contributed by atoms with Gasteiger partial charge < -0.3 is 14.6 Å². The Hall–Kier alpha value is -4.81. The number of aryl methyl sites for hydroxylation is 1. The van der Waals surface area contributed by atoms with Gasteiger partial charge in [-0.15, -0.1) is 0 Å². The highest BCUT2D eigenvalue weighted by molar-refractivity contribution is 7.41. The van der Waals surface area contributed by atoms with Crippen molar-refractivity contribution in [3.05, 3.63) is 118 Å². The summed E-state index contributed by atoms with van der Waals surface area (Å²) in [6.45, 7) is 1.65. The van der Waals surface area contributed by atoms with E-state index in [1.54, 1.807) is 31.2 Å². The number of aliphatic hydroxyl groups is 1. The maximum absolute atomic E-state index is 15.8. The number of rotatable bonds is 1. The molecule has 50 heavy (non-hydrogen) atoms. The van der Waals surface area contributed by atoms with Crippen molar-refractivity contribution in [2.24, 2.45) is 0 Å². The molecule has 0 spiro atoms. The van der Waals surface area contributed by atoms with E-state index < -0.39 is 78.2 Å². The van der Waals surface area contributed by atoms with E-state index in [-0.39, 0.29) is 34.2 Å². The largest absolute Gasteiger partial charge is 0.496 e. The lowest BCUT2D eigenvalue weighted by molar-refractivity contribution is -0.138. The molecule has 6 nitrogen and oxygen atoms in total. The van der Waals surface area contributed by atoms with Crippen molar-refractivity contribution in [2.45, 2.75) is 43.1 Å². The Kier molecular flexibility index (Phi) is 7.83. The number of alkyl halides is 8. The van der Waals surface area contributed by atoms with Crippen LogP contribution in [0.25, 0.3) is 22.4 Å². The Balaban J connectivity index is 1.52. The summed E-state index contributed by atoms with van der Waals surface area (Å²) < 4.78 is 127. The smallest absolute Gasteiger partial charge is 0.417 e. The van der Waals surface area contributed by atoms with Gasteiger partial charge in [-0.3, -0.25) is 9.88 Å². The van der Waals surface area contributed by atoms with Crippen LogP contribution in [0.4, 0.5) is 39.9 Å². The first-order valence-corrected chi connectivity index (χ1v) is 15.8. The van der Waals surface area contributed by atoms with Crippen LogP contribution < -0.4 is 4.74 Å². The van der Waals surface area contributed by atoms with Crippen molar-refractivity contribution in [3.63, 3.8) is 0 Å². The molecular weight excluding hydrogens is 695 g/mol. The van der Waals surface area contributed by atoms with Gasteiger partial charge >= 0.3 is 24.1 Å². The monoisotopic (exact) mass is 718 g/mol. The van der Waals surface area contributed by atoms with Crippen LogP contribution in [-0.2, 0) is 22.8 Å². The van der Waals surface area contributed by atoms with E-state index in [9.17, 15) is 36.2 Å². The molecule has 8 rings (SSSR count). The van der Waals surface area contributed by atoms with Gasteiger partial charge in [-0.2, -0.15) is 35.1 Å². The number of halogens is 8. The Morgan fingerprint density at radius 3 is 2.30 bits per heavy atom. The average molecular weight is 719 g/mol. The van der Waals surface area contributed by atoms with Crippen LogP contribution >= 0.6 is 8.20 Å². The van der Waals surface area contributed by atoms with Crippen molar-refractivity contribution in [1.29, 1.82) is 0 Å². The van der Waals surface area contributed by atoms with E-state index in [1.807, 2.05) is 0 Å². The summed E-state index contributed by atoms with van der Waals surface area (Å²) in [7, 11) is 0.342. The molecule has 1 aromatic heterocycles. The van der Waals surface area contributed by atoms with E-state index in [1.165, 1.54) is 31.4 Å². The summed E-state index contributed by atoms with van der Waals surface area (Å²) in [5.74, 6) is 0.228. The molecule has 1 N–H and O–H groups in total. The van der Waals surface area contributed by atoms with Gasteiger partial charge in [0.1, 0.15) is 11.2 Å². The molecule has 258 valence electrons. The highest BCUT2D eigenvalue weighted by Gasteiger charge is 2.50. The van der Waals surface area contributed by atoms with E-state index in [0.29, 0.717) is 29.0 Å². The molecule has 3 aromatic carbocycles. The molecule has 0 radical (unpaired) electrons. The lowest BCUT2D eigenvalue weighted by Gasteiger charge is -2.26. The minimum atomic E-state index is -5.09. The number of aromatic nitrogens is 1. The van der Waals surface area contributed by atoms with Crippen molar-refractivity contribution in [3.8, 4) is 28.1 Å². The zero-order valence-corrected chi connectivity index (χ0v) is 26.7. The fourth-order valence-corrected chi connectivity index (χ4v) is 7.31. The van der Waals surface area contributed by atoms with Crippen LogP contribution in [0, 0.1) is 6.92 Å². The van der Waals surface area contributed by atoms with Crippen LogP contribution in [0.2, 0.25) is 0 Å². The molecule has 5 heterocycles. The molecule has 3 atom stereocenters. The second kappa shape index (κ2) is 11.6. The summed E-state index contributed by atoms with van der Waals surface area (Å²) in [4.78, 5) is 18.7. The minimum absolute atomic E-state index is 0.0130. The molecular formula is C35H23F8N2O4P. The number of carbonyl (C=O) groups excluding carboxylic acids is 1. The Labute approximate surface area is 280 Å². The molecule has 1 amide bonds. The zero-order valence-electron chi connectivity index (χ0n) is 25.8. The van der Waals surface area contributed by atoms with Crippen LogP contribution in [0.5, 0.6) is 5.75 Å². The van der Waals surface area contributed by atoms with Crippen LogP contribution in [0.15, 0.2) is 79.0 Å². The molecule has 4 aliphatic rings. The highest BCUT2D eigenvalue weighted by Crippen LogP contribution is 2.50. The number of carbonyl (C=O) groups is 1. The van der Waals surface area contributed by atoms with Gasteiger partial charge in [-0.05, 0) is 71.6 Å². The van der Waals surface area contributed by atoms with Crippen LogP contribution in [0.1, 0.15) is 51.1 Å². The lowest BCUT2D eigenvalue weighted by Crippen LogP contribution is -2.32. The van der Waals surface area contributed by atoms with Gasteiger partial charge in [-0.1, -0.05) is 30.4 Å². The van der Waals surface area contributed by atoms with Crippen molar-refractivity contribution < 1.29 is 54.5 Å². The molecule has 1 saturated heterocycles. The molecule has 0 unspecified atom stereocenters. The predicted molar refractivity (Wildman–Crippen MR) is 166 cm³/mol. The van der Waals surface area contributed by atoms with Gasteiger partial charge in [0.25, 0.3) is 0 Å². The molecule has 0 saturated carbocycles. The first-order chi connectivity index (χ1) is 23.5. The summed E-state index contributed by atoms with van der Waals surface area (Å²) >= 11 is 0. The number of amides is 1. The third-order valence-corrected chi connectivity index (χ3v) is 9.89. The number of nitrogens with zero attached hydrogens (tertiary/aromatic N) is 2. The third kappa shape index (κ3) is 5.69. The first-order valence-electron chi connectivity index (χ1n) is 14.9. The van der Waals surface area contributed by atoms with Crippen molar-refractivity contribution in [2.75, 3.05) is 7.11 Å². The maximum Gasteiger partial charge on any atom is 0.417 e. The number of fused-ring (bicyclic) bond motifs is 3. The van der Waals surface area contributed by atoms with E-state index >= 15 is 8.78 Å². The Morgan fingerprint density at radius 2 is 1.62 bits per heavy atom. The van der Waals surface area contributed by atoms with E-state index in [0.717, 1.165) is 17.0 Å². The number of pyridine rings is 1. The number of aliphatic hydroxyl groups excluding tert-OH is 1. The van der Waals surface area contributed by atoms with Gasteiger partial charge in [-0.25, -0.2) is 4.79 Å². The van der Waals surface area contributed by atoms with Crippen LogP contribution in [0.3, 0.4) is 0 Å². The molecule has 1 fully saturated rings.